The van der Waals surface area contributed by atoms with Gasteiger partial charge in [-0.1, -0.05) is 17.9 Å². The molecule has 1 aromatic heterocycles. The van der Waals surface area contributed by atoms with Crippen molar-refractivity contribution in [1.29, 1.82) is 0 Å². The number of rotatable bonds is 4. The minimum Gasteiger partial charge on any atom is -0.493 e. The second kappa shape index (κ2) is 7.21. The fourth-order valence-corrected chi connectivity index (χ4v) is 3.42. The Labute approximate surface area is 153 Å². The van der Waals surface area contributed by atoms with Crippen molar-refractivity contribution >= 4 is 5.97 Å². The van der Waals surface area contributed by atoms with Gasteiger partial charge in [0.05, 0.1) is 12.2 Å². The largest absolute Gasteiger partial charge is 0.493 e. The van der Waals surface area contributed by atoms with Crippen LogP contribution in [0.1, 0.15) is 58.6 Å². The van der Waals surface area contributed by atoms with Crippen molar-refractivity contribution in [3.63, 3.8) is 0 Å². The van der Waals surface area contributed by atoms with Crippen LogP contribution in [0.2, 0.25) is 0 Å². The Balaban J connectivity index is 1.50. The van der Waals surface area contributed by atoms with Gasteiger partial charge in [0.15, 0.2) is 0 Å². The van der Waals surface area contributed by atoms with Gasteiger partial charge in [-0.05, 0) is 67.3 Å². The molecule has 1 unspecified atom stereocenters. The van der Waals surface area contributed by atoms with Crippen LogP contribution in [0.25, 0.3) is 0 Å². The Morgan fingerprint density at radius 2 is 2.15 bits per heavy atom. The quantitative estimate of drug-likeness (QED) is 0.848. The molecule has 1 N–H and O–H groups in total. The number of benzene rings is 1. The molecule has 1 fully saturated rings. The van der Waals surface area contributed by atoms with E-state index in [1.807, 2.05) is 6.07 Å². The highest BCUT2D eigenvalue weighted by Gasteiger charge is 2.23. The molecule has 0 spiro atoms. The van der Waals surface area contributed by atoms with E-state index in [2.05, 4.69) is 29.0 Å². The summed E-state index contributed by atoms with van der Waals surface area (Å²) in [5.74, 6) is 7.51. The summed E-state index contributed by atoms with van der Waals surface area (Å²) in [4.78, 5) is 15.4. The molecular weight excluding hydrogens is 326 g/mol. The molecule has 1 atom stereocenters. The van der Waals surface area contributed by atoms with Gasteiger partial charge in [0.1, 0.15) is 5.75 Å². The average Bonchev–Trinajstić information content (AvgIpc) is 3.49. The van der Waals surface area contributed by atoms with Crippen LogP contribution in [-0.2, 0) is 6.42 Å². The fourth-order valence-electron chi connectivity index (χ4n) is 3.42. The molecule has 132 valence electrons. The van der Waals surface area contributed by atoms with Crippen LogP contribution in [0.5, 0.6) is 5.75 Å². The molecule has 2 aliphatic rings. The van der Waals surface area contributed by atoms with Gasteiger partial charge in [-0.15, -0.1) is 0 Å². The molecule has 26 heavy (non-hydrogen) atoms. The highest BCUT2D eigenvalue weighted by atomic mass is 16.5. The number of hydrogen-bond donors (Lipinski definition) is 1. The van der Waals surface area contributed by atoms with E-state index in [1.165, 1.54) is 24.6 Å². The first-order valence-electron chi connectivity index (χ1n) is 9.15. The molecule has 0 bridgehead atoms. The van der Waals surface area contributed by atoms with Gasteiger partial charge >= 0.3 is 5.97 Å². The summed E-state index contributed by atoms with van der Waals surface area (Å²) in [6.07, 6.45) is 8.18. The predicted octanol–water partition coefficient (Wildman–Crippen LogP) is 4.04. The van der Waals surface area contributed by atoms with Crippen LogP contribution in [0.4, 0.5) is 0 Å². The fraction of sp³-hybridized carbons (Fsp3) is 0.364. The van der Waals surface area contributed by atoms with E-state index in [4.69, 9.17) is 4.74 Å². The van der Waals surface area contributed by atoms with Gasteiger partial charge in [0.2, 0.25) is 0 Å². The van der Waals surface area contributed by atoms with E-state index in [0.717, 1.165) is 29.7 Å². The van der Waals surface area contributed by atoms with Gasteiger partial charge in [0.25, 0.3) is 0 Å². The summed E-state index contributed by atoms with van der Waals surface area (Å²) in [5.41, 5.74) is 3.35. The summed E-state index contributed by atoms with van der Waals surface area (Å²) in [7, 11) is 0. The third-order valence-electron chi connectivity index (χ3n) is 5.07. The zero-order valence-electron chi connectivity index (χ0n) is 14.6. The molecular formula is C22H21NO3. The highest BCUT2D eigenvalue weighted by molar-refractivity contribution is 5.89. The average molecular weight is 347 g/mol. The number of hydrogen-bond acceptors (Lipinski definition) is 3. The number of ether oxygens (including phenoxy) is 1. The summed E-state index contributed by atoms with van der Waals surface area (Å²) in [6.45, 7) is 0.690. The van der Waals surface area contributed by atoms with Crippen molar-refractivity contribution in [2.45, 2.75) is 38.0 Å². The zero-order chi connectivity index (χ0) is 17.9. The molecule has 1 aliphatic carbocycles. The van der Waals surface area contributed by atoms with Gasteiger partial charge in [-0.2, -0.15) is 0 Å². The van der Waals surface area contributed by atoms with E-state index in [9.17, 15) is 9.90 Å². The van der Waals surface area contributed by atoms with Crippen LogP contribution in [-0.4, -0.2) is 22.7 Å². The van der Waals surface area contributed by atoms with E-state index in [-0.39, 0.29) is 0 Å². The number of fused-ring (bicyclic) bond motifs is 1. The maximum absolute atomic E-state index is 11.4. The number of carbonyl (C=O) groups is 1. The monoisotopic (exact) mass is 347 g/mol. The van der Waals surface area contributed by atoms with Crippen molar-refractivity contribution in [2.75, 3.05) is 6.61 Å². The Hall–Kier alpha value is -2.80. The molecule has 0 amide bonds. The molecule has 4 nitrogen and oxygen atoms in total. The topological polar surface area (TPSA) is 59.4 Å². The molecule has 4 rings (SSSR count). The Morgan fingerprint density at radius 3 is 2.96 bits per heavy atom. The Morgan fingerprint density at radius 1 is 1.27 bits per heavy atom. The van der Waals surface area contributed by atoms with E-state index in [1.54, 1.807) is 12.3 Å². The predicted molar refractivity (Wildman–Crippen MR) is 98.4 cm³/mol. The van der Waals surface area contributed by atoms with Crippen molar-refractivity contribution in [3.05, 3.63) is 58.9 Å². The normalized spacial score (nSPS) is 18.2. The number of nitrogens with zero attached hydrogens (tertiary/aromatic N) is 1. The second-order valence-electron chi connectivity index (χ2n) is 7.01. The first kappa shape index (κ1) is 16.7. The SMILES string of the molecule is O=C(O)c1ccncc1CCC1CCOc2cc(C#CC3CC3)ccc21. The van der Waals surface area contributed by atoms with Crippen molar-refractivity contribution in [2.24, 2.45) is 5.92 Å². The van der Waals surface area contributed by atoms with Gasteiger partial charge in [-0.25, -0.2) is 4.79 Å². The number of aromatic carboxylic acids is 1. The lowest BCUT2D eigenvalue weighted by molar-refractivity contribution is 0.0695. The lowest BCUT2D eigenvalue weighted by atomic mass is 9.87. The molecule has 0 saturated heterocycles. The smallest absolute Gasteiger partial charge is 0.336 e. The second-order valence-corrected chi connectivity index (χ2v) is 7.01. The maximum Gasteiger partial charge on any atom is 0.336 e. The summed E-state index contributed by atoms with van der Waals surface area (Å²) in [5, 5.41) is 9.32. The molecule has 1 saturated carbocycles. The van der Waals surface area contributed by atoms with Gasteiger partial charge < -0.3 is 9.84 Å². The maximum atomic E-state index is 11.4. The molecule has 0 radical (unpaired) electrons. The standard InChI is InChI=1S/C22H21NO3/c24-22(25)20-9-11-23-14-18(20)7-6-17-10-12-26-21-13-16(5-8-19(17)21)4-3-15-1-2-15/h5,8-9,11,13-15,17H,1-2,6-7,10,12H2,(H,24,25). The van der Waals surface area contributed by atoms with Crippen molar-refractivity contribution < 1.29 is 14.6 Å². The summed E-state index contributed by atoms with van der Waals surface area (Å²) < 4.78 is 5.86. The molecule has 1 aromatic carbocycles. The van der Waals surface area contributed by atoms with Crippen molar-refractivity contribution in [1.82, 2.24) is 4.98 Å². The third kappa shape index (κ3) is 3.72. The Kier molecular flexibility index (Phi) is 4.62. The van der Waals surface area contributed by atoms with Crippen LogP contribution in [0, 0.1) is 17.8 Å². The van der Waals surface area contributed by atoms with Crippen LogP contribution in [0.15, 0.2) is 36.7 Å². The number of carboxylic acid groups (broad SMARTS) is 1. The molecule has 2 aromatic rings. The summed E-state index contributed by atoms with van der Waals surface area (Å²) in [6, 6.07) is 7.81. The van der Waals surface area contributed by atoms with Gasteiger partial charge in [-0.3, -0.25) is 4.98 Å². The van der Waals surface area contributed by atoms with Crippen LogP contribution >= 0.6 is 0 Å². The number of pyridine rings is 1. The van der Waals surface area contributed by atoms with E-state index in [0.29, 0.717) is 30.4 Å². The Bertz CT molecular complexity index is 890. The molecule has 2 heterocycles. The van der Waals surface area contributed by atoms with Gasteiger partial charge in [0, 0.05) is 23.9 Å². The van der Waals surface area contributed by atoms with Crippen LogP contribution in [0.3, 0.4) is 0 Å². The van der Waals surface area contributed by atoms with E-state index >= 15 is 0 Å². The van der Waals surface area contributed by atoms with Crippen LogP contribution < -0.4 is 4.74 Å². The minimum atomic E-state index is -0.895. The minimum absolute atomic E-state index is 0.345. The zero-order valence-corrected chi connectivity index (χ0v) is 14.6. The first-order valence-corrected chi connectivity index (χ1v) is 9.15. The lowest BCUT2D eigenvalue weighted by Gasteiger charge is -2.26. The summed E-state index contributed by atoms with van der Waals surface area (Å²) >= 11 is 0. The van der Waals surface area contributed by atoms with E-state index < -0.39 is 5.97 Å². The first-order chi connectivity index (χ1) is 12.7. The lowest BCUT2D eigenvalue weighted by Crippen LogP contribution is -2.15. The third-order valence-corrected chi connectivity index (χ3v) is 5.07. The number of carboxylic acids is 1. The number of aromatic nitrogens is 1. The molecule has 1 aliphatic heterocycles. The highest BCUT2D eigenvalue weighted by Crippen LogP contribution is 2.37. The van der Waals surface area contributed by atoms with Crippen molar-refractivity contribution in [3.8, 4) is 17.6 Å². The molecule has 4 heteroatoms. The number of aryl methyl sites for hydroxylation is 1.